The summed E-state index contributed by atoms with van der Waals surface area (Å²) in [6.07, 6.45) is 0.368. The topological polar surface area (TPSA) is 86.2 Å². The molecule has 14 heavy (non-hydrogen) atoms. The lowest BCUT2D eigenvalue weighted by molar-refractivity contribution is -0.385. The number of nitro benzene ring substituents is 1. The highest BCUT2D eigenvalue weighted by Gasteiger charge is 2.11. The van der Waals surface area contributed by atoms with E-state index in [0.29, 0.717) is 12.0 Å². The lowest BCUT2D eigenvalue weighted by atomic mass is 10.1. The molecule has 1 aromatic rings. The summed E-state index contributed by atoms with van der Waals surface area (Å²) in [5, 5.41) is 10.5. The van der Waals surface area contributed by atoms with Crippen LogP contribution in [0.1, 0.15) is 5.56 Å². The van der Waals surface area contributed by atoms with Gasteiger partial charge < -0.3 is 5.73 Å². The second-order valence-corrected chi connectivity index (χ2v) is 2.42. The molecule has 5 nitrogen and oxygen atoms in total. The number of aldehydes is 1. The van der Waals surface area contributed by atoms with Crippen molar-refractivity contribution in [3.8, 4) is 11.8 Å². The first-order chi connectivity index (χ1) is 6.65. The Kier molecular flexibility index (Phi) is 2.82. The molecule has 1 rings (SSSR count). The van der Waals surface area contributed by atoms with Crippen molar-refractivity contribution in [2.75, 3.05) is 5.73 Å². The molecule has 0 bridgehead atoms. The van der Waals surface area contributed by atoms with Crippen LogP contribution in [0.25, 0.3) is 0 Å². The van der Waals surface area contributed by atoms with Crippen LogP contribution in [0.15, 0.2) is 18.2 Å². The van der Waals surface area contributed by atoms with Crippen LogP contribution < -0.4 is 5.73 Å². The Labute approximate surface area is 79.7 Å². The van der Waals surface area contributed by atoms with E-state index in [-0.39, 0.29) is 11.3 Å². The predicted molar refractivity (Wildman–Crippen MR) is 50.5 cm³/mol. The van der Waals surface area contributed by atoms with Gasteiger partial charge in [-0.1, -0.05) is 5.92 Å². The molecule has 0 saturated heterocycles. The third-order valence-electron chi connectivity index (χ3n) is 1.48. The maximum absolute atomic E-state index is 10.5. The normalized spacial score (nSPS) is 8.57. The summed E-state index contributed by atoms with van der Waals surface area (Å²) < 4.78 is 0. The zero-order valence-corrected chi connectivity index (χ0v) is 7.06. The fourth-order valence-corrected chi connectivity index (χ4v) is 0.920. The van der Waals surface area contributed by atoms with Crippen molar-refractivity contribution in [3.63, 3.8) is 0 Å². The summed E-state index contributed by atoms with van der Waals surface area (Å²) in [6, 6.07) is 4.02. The molecule has 0 amide bonds. The van der Waals surface area contributed by atoms with E-state index in [4.69, 9.17) is 5.73 Å². The Morgan fingerprint density at radius 2 is 2.21 bits per heavy atom. The molecule has 0 atom stereocenters. The number of carbonyl (C=O) groups excluding carboxylic acids is 1. The molecule has 0 saturated carbocycles. The maximum Gasteiger partial charge on any atom is 0.285 e. The quantitative estimate of drug-likeness (QED) is 0.232. The van der Waals surface area contributed by atoms with Crippen LogP contribution in [0, 0.1) is 22.0 Å². The number of nitrogen functional groups attached to an aromatic ring is 1. The zero-order chi connectivity index (χ0) is 10.6. The van der Waals surface area contributed by atoms with Crippen LogP contribution >= 0.6 is 0 Å². The van der Waals surface area contributed by atoms with Gasteiger partial charge in [0.25, 0.3) is 5.69 Å². The minimum atomic E-state index is -0.575. The Morgan fingerprint density at radius 1 is 1.50 bits per heavy atom. The minimum Gasteiger partial charge on any atom is -0.399 e. The van der Waals surface area contributed by atoms with E-state index in [0.717, 1.165) is 0 Å². The lowest BCUT2D eigenvalue weighted by Crippen LogP contribution is -1.94. The van der Waals surface area contributed by atoms with Gasteiger partial charge >= 0.3 is 0 Å². The van der Waals surface area contributed by atoms with Crippen LogP contribution in [-0.4, -0.2) is 11.2 Å². The van der Waals surface area contributed by atoms with Gasteiger partial charge in [-0.05, 0) is 18.1 Å². The van der Waals surface area contributed by atoms with Crippen LogP contribution in [0.4, 0.5) is 11.4 Å². The third kappa shape index (κ3) is 2.08. The van der Waals surface area contributed by atoms with E-state index in [1.807, 2.05) is 0 Å². The molecular weight excluding hydrogens is 184 g/mol. The van der Waals surface area contributed by atoms with Crippen molar-refractivity contribution in [2.45, 2.75) is 0 Å². The van der Waals surface area contributed by atoms with Gasteiger partial charge in [-0.25, -0.2) is 0 Å². The standard InChI is InChI=1S/C9H6N2O3/c10-8-3-4-9(11(13)14)7(6-8)2-1-5-12/h3-6H,10H2. The monoisotopic (exact) mass is 190 g/mol. The Hall–Kier alpha value is -2.35. The largest absolute Gasteiger partial charge is 0.399 e. The molecule has 0 radical (unpaired) electrons. The van der Waals surface area contributed by atoms with Crippen LogP contribution in [0.3, 0.4) is 0 Å². The highest BCUT2D eigenvalue weighted by Crippen LogP contribution is 2.19. The molecule has 0 aromatic heterocycles. The number of hydrogen-bond donors (Lipinski definition) is 1. The predicted octanol–water partition coefficient (Wildman–Crippen LogP) is 0.727. The fourth-order valence-electron chi connectivity index (χ4n) is 0.920. The van der Waals surface area contributed by atoms with Gasteiger partial charge in [0.2, 0.25) is 0 Å². The summed E-state index contributed by atoms with van der Waals surface area (Å²) in [4.78, 5) is 19.9. The van der Waals surface area contributed by atoms with Gasteiger partial charge in [-0.15, -0.1) is 0 Å². The first-order valence-electron chi connectivity index (χ1n) is 3.64. The van der Waals surface area contributed by atoms with Gasteiger partial charge in [0.1, 0.15) is 5.56 Å². The minimum absolute atomic E-state index is 0.141. The van der Waals surface area contributed by atoms with E-state index in [1.165, 1.54) is 18.2 Å². The van der Waals surface area contributed by atoms with Gasteiger partial charge in [-0.3, -0.25) is 14.9 Å². The number of benzene rings is 1. The number of rotatable bonds is 1. The lowest BCUT2D eigenvalue weighted by Gasteiger charge is -1.96. The molecule has 0 aliphatic carbocycles. The molecule has 70 valence electrons. The summed E-state index contributed by atoms with van der Waals surface area (Å²) in [5.74, 6) is 4.44. The third-order valence-corrected chi connectivity index (χ3v) is 1.48. The number of anilines is 1. The first kappa shape index (κ1) is 9.74. The molecule has 0 aliphatic heterocycles. The first-order valence-corrected chi connectivity index (χ1v) is 3.64. The summed E-state index contributed by atoms with van der Waals surface area (Å²) in [7, 11) is 0. The van der Waals surface area contributed by atoms with E-state index >= 15 is 0 Å². The number of nitrogens with zero attached hydrogens (tertiary/aromatic N) is 1. The van der Waals surface area contributed by atoms with Crippen LogP contribution in [-0.2, 0) is 4.79 Å². The number of nitro groups is 1. The molecule has 0 spiro atoms. The number of nitrogens with two attached hydrogens (primary N) is 1. The van der Waals surface area contributed by atoms with E-state index < -0.39 is 4.92 Å². The molecule has 0 aliphatic rings. The summed E-state index contributed by atoms with van der Waals surface area (Å²) >= 11 is 0. The van der Waals surface area contributed by atoms with Crippen molar-refractivity contribution in [3.05, 3.63) is 33.9 Å². The van der Waals surface area contributed by atoms with Crippen molar-refractivity contribution in [1.29, 1.82) is 0 Å². The SMILES string of the molecule is Nc1ccc([N+](=O)[O-])c(C#CC=O)c1. The van der Waals surface area contributed by atoms with Gasteiger partial charge in [0.05, 0.1) is 4.92 Å². The van der Waals surface area contributed by atoms with Crippen molar-refractivity contribution in [2.24, 2.45) is 0 Å². The zero-order valence-electron chi connectivity index (χ0n) is 7.06. The summed E-state index contributed by atoms with van der Waals surface area (Å²) in [5.41, 5.74) is 5.77. The molecule has 2 N–H and O–H groups in total. The molecule has 5 heteroatoms. The Morgan fingerprint density at radius 3 is 2.79 bits per heavy atom. The van der Waals surface area contributed by atoms with Crippen LogP contribution in [0.5, 0.6) is 0 Å². The van der Waals surface area contributed by atoms with Gasteiger partial charge in [0.15, 0.2) is 6.29 Å². The molecule has 1 aromatic carbocycles. The van der Waals surface area contributed by atoms with E-state index in [9.17, 15) is 14.9 Å². The van der Waals surface area contributed by atoms with Crippen molar-refractivity contribution < 1.29 is 9.72 Å². The second kappa shape index (κ2) is 4.05. The average Bonchev–Trinajstić information content (AvgIpc) is 2.14. The molecule has 0 unspecified atom stereocenters. The average molecular weight is 190 g/mol. The summed E-state index contributed by atoms with van der Waals surface area (Å²) in [6.45, 7) is 0. The maximum atomic E-state index is 10.5. The van der Waals surface area contributed by atoms with Crippen molar-refractivity contribution in [1.82, 2.24) is 0 Å². The van der Waals surface area contributed by atoms with E-state index in [2.05, 4.69) is 11.8 Å². The van der Waals surface area contributed by atoms with Gasteiger partial charge in [0, 0.05) is 11.8 Å². The number of hydrogen-bond acceptors (Lipinski definition) is 4. The highest BCUT2D eigenvalue weighted by atomic mass is 16.6. The van der Waals surface area contributed by atoms with Crippen LogP contribution in [0.2, 0.25) is 0 Å². The van der Waals surface area contributed by atoms with Gasteiger partial charge in [-0.2, -0.15) is 0 Å². The Bertz CT molecular complexity index is 443. The fraction of sp³-hybridized carbons (Fsp3) is 0. The van der Waals surface area contributed by atoms with E-state index in [1.54, 1.807) is 0 Å². The number of carbonyl (C=O) groups is 1. The Balaban J connectivity index is 3.29. The smallest absolute Gasteiger partial charge is 0.285 e. The van der Waals surface area contributed by atoms with Crippen molar-refractivity contribution >= 4 is 17.7 Å². The highest BCUT2D eigenvalue weighted by molar-refractivity contribution is 5.75. The molecule has 0 heterocycles. The second-order valence-electron chi connectivity index (χ2n) is 2.42. The molecular formula is C9H6N2O3. The molecule has 0 fully saturated rings.